The highest BCUT2D eigenvalue weighted by Gasteiger charge is 2.59. The summed E-state index contributed by atoms with van der Waals surface area (Å²) in [5.41, 5.74) is 2.58. The van der Waals surface area contributed by atoms with Crippen LogP contribution in [-0.4, -0.2) is 29.1 Å². The minimum atomic E-state index is -0.855. The van der Waals surface area contributed by atoms with Crippen LogP contribution in [0.5, 0.6) is 0 Å². The molecular weight excluding hydrogens is 444 g/mol. The number of amides is 2. The van der Waals surface area contributed by atoms with Gasteiger partial charge in [0.2, 0.25) is 5.91 Å². The fourth-order valence-electron chi connectivity index (χ4n) is 4.35. The number of hydroxylamine groups is 1. The summed E-state index contributed by atoms with van der Waals surface area (Å²) in [5.74, 6) is -1.13. The summed E-state index contributed by atoms with van der Waals surface area (Å²) in [6, 6.07) is 24.4. The molecule has 7 heteroatoms. The lowest BCUT2D eigenvalue weighted by atomic mass is 9.90. The van der Waals surface area contributed by atoms with Gasteiger partial charge < -0.3 is 0 Å². The van der Waals surface area contributed by atoms with Crippen LogP contribution in [0.4, 0.5) is 5.69 Å². The zero-order valence-electron chi connectivity index (χ0n) is 17.4. The summed E-state index contributed by atoms with van der Waals surface area (Å²) < 4.78 is 0. The second-order valence-corrected chi connectivity index (χ2v) is 9.14. The number of thioether (sulfide) groups is 1. The second kappa shape index (κ2) is 8.62. The van der Waals surface area contributed by atoms with Crippen molar-refractivity contribution < 1.29 is 14.4 Å². The van der Waals surface area contributed by atoms with E-state index in [9.17, 15) is 9.59 Å². The molecule has 0 spiro atoms. The molecule has 2 fully saturated rings. The maximum atomic E-state index is 13.5. The first kappa shape index (κ1) is 21.1. The van der Waals surface area contributed by atoms with E-state index in [0.717, 1.165) is 21.7 Å². The molecule has 0 saturated carbocycles. The largest absolute Gasteiger partial charge is 0.275 e. The van der Waals surface area contributed by atoms with Gasteiger partial charge >= 0.3 is 0 Å². The lowest BCUT2D eigenvalue weighted by Crippen LogP contribution is -2.36. The Balaban J connectivity index is 1.52. The Bertz CT molecular complexity index is 1140. The zero-order chi connectivity index (χ0) is 22.2. The number of nitrogens with zero attached hydrogens (tertiary/aromatic N) is 2. The van der Waals surface area contributed by atoms with Crippen molar-refractivity contribution in [2.75, 3.05) is 11.3 Å². The number of imide groups is 1. The Hall–Kier alpha value is -2.80. The zero-order valence-corrected chi connectivity index (χ0v) is 18.9. The molecule has 2 amide bonds. The van der Waals surface area contributed by atoms with Crippen LogP contribution in [0.15, 0.2) is 83.8 Å². The summed E-state index contributed by atoms with van der Waals surface area (Å²) in [7, 11) is 0. The van der Waals surface area contributed by atoms with Crippen molar-refractivity contribution in [3.05, 3.63) is 95.0 Å². The molecule has 0 aromatic heterocycles. The van der Waals surface area contributed by atoms with Gasteiger partial charge in [0.15, 0.2) is 6.10 Å². The van der Waals surface area contributed by atoms with Crippen molar-refractivity contribution in [2.45, 2.75) is 23.6 Å². The summed E-state index contributed by atoms with van der Waals surface area (Å²) in [6.45, 7) is 0.244. The first-order valence-electron chi connectivity index (χ1n) is 10.3. The van der Waals surface area contributed by atoms with Crippen LogP contribution in [0.25, 0.3) is 0 Å². The predicted octanol–water partition coefficient (Wildman–Crippen LogP) is 5.11. The van der Waals surface area contributed by atoms with Gasteiger partial charge in [0.1, 0.15) is 5.92 Å². The van der Waals surface area contributed by atoms with Crippen LogP contribution in [0.3, 0.4) is 0 Å². The van der Waals surface area contributed by atoms with E-state index < -0.39 is 18.1 Å². The molecule has 2 aliphatic heterocycles. The topological polar surface area (TPSA) is 49.9 Å². The molecule has 3 atom stereocenters. The van der Waals surface area contributed by atoms with Gasteiger partial charge in [-0.2, -0.15) is 0 Å². The van der Waals surface area contributed by atoms with Gasteiger partial charge in [-0.1, -0.05) is 54.1 Å². The van der Waals surface area contributed by atoms with Gasteiger partial charge in [-0.05, 0) is 53.8 Å². The smallest absolute Gasteiger partial charge is 0.262 e. The molecule has 0 aliphatic carbocycles. The maximum Gasteiger partial charge on any atom is 0.262 e. The Morgan fingerprint density at radius 3 is 2.25 bits per heavy atom. The summed E-state index contributed by atoms with van der Waals surface area (Å²) in [6.07, 6.45) is 1.16. The normalized spacial score (nSPS) is 22.5. The molecule has 2 heterocycles. The highest BCUT2D eigenvalue weighted by Crippen LogP contribution is 2.47. The first-order valence-corrected chi connectivity index (χ1v) is 11.9. The summed E-state index contributed by atoms with van der Waals surface area (Å²) in [4.78, 5) is 35.4. The molecule has 3 aromatic carbocycles. The van der Waals surface area contributed by atoms with E-state index in [2.05, 4.69) is 0 Å². The van der Waals surface area contributed by atoms with E-state index in [4.69, 9.17) is 16.4 Å². The van der Waals surface area contributed by atoms with Crippen molar-refractivity contribution in [3.8, 4) is 0 Å². The predicted molar refractivity (Wildman–Crippen MR) is 125 cm³/mol. The molecule has 2 aliphatic rings. The molecule has 3 aromatic rings. The van der Waals surface area contributed by atoms with Gasteiger partial charge in [-0.3, -0.25) is 19.3 Å². The van der Waals surface area contributed by atoms with E-state index in [0.29, 0.717) is 5.02 Å². The number of carbonyl (C=O) groups excluding carboxylic acids is 2. The maximum absolute atomic E-state index is 13.5. The third-order valence-electron chi connectivity index (χ3n) is 5.93. The van der Waals surface area contributed by atoms with Crippen LogP contribution < -0.4 is 5.06 Å². The number of likely N-dealkylation sites (tertiary alicyclic amines) is 1. The Morgan fingerprint density at radius 2 is 1.59 bits per heavy atom. The highest BCUT2D eigenvalue weighted by molar-refractivity contribution is 7.98. The van der Waals surface area contributed by atoms with E-state index >= 15 is 0 Å². The van der Waals surface area contributed by atoms with E-state index in [1.54, 1.807) is 29.0 Å². The van der Waals surface area contributed by atoms with Crippen molar-refractivity contribution in [1.82, 2.24) is 4.90 Å². The van der Waals surface area contributed by atoms with Gasteiger partial charge in [0, 0.05) is 9.92 Å². The van der Waals surface area contributed by atoms with Crippen molar-refractivity contribution in [1.29, 1.82) is 0 Å². The fourth-order valence-corrected chi connectivity index (χ4v) is 4.88. The number of anilines is 1. The molecule has 162 valence electrons. The summed E-state index contributed by atoms with van der Waals surface area (Å²) >= 11 is 7.72. The third-order valence-corrected chi connectivity index (χ3v) is 6.92. The molecule has 0 radical (unpaired) electrons. The Labute approximate surface area is 195 Å². The standard InChI is InChI=1S/C25H21ClN2O3S/c1-32-20-13-7-17(8-14-20)22-21-23(31-28(22)19-11-9-18(26)10-12-19)25(30)27(24(21)29)15-16-5-3-2-4-6-16/h2-14,21-23H,15H2,1H3/t21-,22+,23+/m0/s1. The van der Waals surface area contributed by atoms with Crippen molar-refractivity contribution in [2.24, 2.45) is 5.92 Å². The van der Waals surface area contributed by atoms with Crippen LogP contribution in [-0.2, 0) is 21.0 Å². The lowest BCUT2D eigenvalue weighted by molar-refractivity contribution is -0.143. The number of benzene rings is 3. The van der Waals surface area contributed by atoms with E-state index in [-0.39, 0.29) is 18.4 Å². The number of hydrogen-bond donors (Lipinski definition) is 0. The van der Waals surface area contributed by atoms with Gasteiger partial charge in [-0.15, -0.1) is 11.8 Å². The van der Waals surface area contributed by atoms with E-state index in [1.165, 1.54) is 4.90 Å². The monoisotopic (exact) mass is 464 g/mol. The van der Waals surface area contributed by atoms with E-state index in [1.807, 2.05) is 73.0 Å². The quantitative estimate of drug-likeness (QED) is 0.388. The molecule has 0 unspecified atom stereocenters. The van der Waals surface area contributed by atoms with Gasteiger partial charge in [0.05, 0.1) is 18.3 Å². The molecule has 32 heavy (non-hydrogen) atoms. The average molecular weight is 465 g/mol. The highest BCUT2D eigenvalue weighted by atomic mass is 35.5. The number of halogens is 1. The SMILES string of the molecule is CSc1ccc([C@@H]2[C@@H]3C(=O)N(Cc4ccccc4)C(=O)[C@@H]3ON2c2ccc(Cl)cc2)cc1. The van der Waals surface area contributed by atoms with Crippen LogP contribution in [0.1, 0.15) is 17.2 Å². The molecule has 0 N–H and O–H groups in total. The van der Waals surface area contributed by atoms with Crippen LogP contribution in [0.2, 0.25) is 5.02 Å². The summed E-state index contributed by atoms with van der Waals surface area (Å²) in [5, 5.41) is 2.30. The van der Waals surface area contributed by atoms with Gasteiger partial charge in [-0.25, -0.2) is 5.06 Å². The number of fused-ring (bicyclic) bond motifs is 1. The second-order valence-electron chi connectivity index (χ2n) is 7.82. The minimum Gasteiger partial charge on any atom is -0.275 e. The lowest BCUT2D eigenvalue weighted by Gasteiger charge is -2.29. The third kappa shape index (κ3) is 3.68. The molecule has 5 nitrogen and oxygen atoms in total. The average Bonchev–Trinajstić information content (AvgIpc) is 3.32. The Kier molecular flexibility index (Phi) is 5.67. The first-order chi connectivity index (χ1) is 15.6. The van der Waals surface area contributed by atoms with Crippen LogP contribution in [0, 0.1) is 5.92 Å². The molecule has 0 bridgehead atoms. The number of carbonyl (C=O) groups is 2. The molecule has 2 saturated heterocycles. The van der Waals surface area contributed by atoms with Crippen LogP contribution >= 0.6 is 23.4 Å². The fraction of sp³-hybridized carbons (Fsp3) is 0.200. The molecular formula is C25H21ClN2O3S. The van der Waals surface area contributed by atoms with Crippen molar-refractivity contribution >= 4 is 40.9 Å². The van der Waals surface area contributed by atoms with Crippen molar-refractivity contribution in [3.63, 3.8) is 0 Å². The Morgan fingerprint density at radius 1 is 0.906 bits per heavy atom. The molecule has 5 rings (SSSR count). The van der Waals surface area contributed by atoms with Gasteiger partial charge in [0.25, 0.3) is 5.91 Å². The number of hydrogen-bond acceptors (Lipinski definition) is 5. The minimum absolute atomic E-state index is 0.209. The number of rotatable bonds is 5.